The molecule has 0 bridgehead atoms. The lowest BCUT2D eigenvalue weighted by atomic mass is 10.2. The predicted molar refractivity (Wildman–Crippen MR) is 104 cm³/mol. The van der Waals surface area contributed by atoms with Gasteiger partial charge in [0.25, 0.3) is 0 Å². The summed E-state index contributed by atoms with van der Waals surface area (Å²) in [7, 11) is 1.60. The Bertz CT molecular complexity index is 1010. The van der Waals surface area contributed by atoms with Gasteiger partial charge in [0.2, 0.25) is 5.95 Å². The Morgan fingerprint density at radius 1 is 1.04 bits per heavy atom. The lowest BCUT2D eigenvalue weighted by molar-refractivity contribution is 0.171. The molecule has 8 heteroatoms. The molecular weight excluding hydrogens is 363 g/mol. The maximum Gasteiger partial charge on any atom is 0.229 e. The Morgan fingerprint density at radius 2 is 1.86 bits per heavy atom. The molecule has 0 radical (unpaired) electrons. The molecule has 7 nitrogen and oxygen atoms in total. The summed E-state index contributed by atoms with van der Waals surface area (Å²) in [4.78, 5) is 8.27. The van der Waals surface area contributed by atoms with Crippen LogP contribution >= 0.6 is 0 Å². The molecule has 0 spiro atoms. The molecule has 0 saturated heterocycles. The first-order valence-electron chi connectivity index (χ1n) is 8.73. The molecule has 1 aliphatic rings. The second kappa shape index (κ2) is 7.59. The highest BCUT2D eigenvalue weighted by molar-refractivity contribution is 5.65. The zero-order chi connectivity index (χ0) is 19.5. The quantitative estimate of drug-likeness (QED) is 0.685. The van der Waals surface area contributed by atoms with Crippen molar-refractivity contribution in [3.05, 3.63) is 54.0 Å². The zero-order valence-corrected chi connectivity index (χ0v) is 15.5. The van der Waals surface area contributed by atoms with E-state index in [0.29, 0.717) is 36.1 Å². The average molecular weight is 382 g/mol. The van der Waals surface area contributed by atoms with E-state index in [-0.39, 0.29) is 11.8 Å². The van der Waals surface area contributed by atoms with Gasteiger partial charge in [0.1, 0.15) is 19.0 Å². The van der Waals surface area contributed by atoms with Crippen molar-refractivity contribution in [2.45, 2.75) is 6.92 Å². The van der Waals surface area contributed by atoms with Gasteiger partial charge in [-0.3, -0.25) is 0 Å². The van der Waals surface area contributed by atoms with E-state index in [1.54, 1.807) is 25.3 Å². The molecule has 0 saturated carbocycles. The van der Waals surface area contributed by atoms with Gasteiger partial charge in [0.05, 0.1) is 13.3 Å². The first-order chi connectivity index (χ1) is 13.6. The van der Waals surface area contributed by atoms with Crippen molar-refractivity contribution in [2.75, 3.05) is 31.0 Å². The van der Waals surface area contributed by atoms with Crippen molar-refractivity contribution in [1.29, 1.82) is 0 Å². The van der Waals surface area contributed by atoms with Crippen LogP contribution in [0.25, 0.3) is 0 Å². The molecule has 2 aromatic carbocycles. The van der Waals surface area contributed by atoms with Gasteiger partial charge in [-0.15, -0.1) is 0 Å². The Morgan fingerprint density at radius 3 is 2.68 bits per heavy atom. The van der Waals surface area contributed by atoms with E-state index in [1.165, 1.54) is 0 Å². The topological polar surface area (TPSA) is 77.5 Å². The van der Waals surface area contributed by atoms with Crippen LogP contribution in [-0.2, 0) is 0 Å². The van der Waals surface area contributed by atoms with Crippen LogP contribution in [0.1, 0.15) is 5.56 Å². The number of fused-ring (bicyclic) bond motifs is 1. The van der Waals surface area contributed by atoms with Gasteiger partial charge in [0, 0.05) is 23.5 Å². The number of anilines is 4. The molecular formula is C20H19FN4O3. The van der Waals surface area contributed by atoms with Crippen LogP contribution in [0.2, 0.25) is 0 Å². The fourth-order valence-corrected chi connectivity index (χ4v) is 2.76. The molecule has 0 atom stereocenters. The molecule has 2 heterocycles. The summed E-state index contributed by atoms with van der Waals surface area (Å²) in [6.07, 6.45) is 1.12. The monoisotopic (exact) mass is 382 g/mol. The largest absolute Gasteiger partial charge is 0.497 e. The molecule has 0 amide bonds. The lowest BCUT2D eigenvalue weighted by Crippen LogP contribution is -2.15. The molecule has 0 fully saturated rings. The van der Waals surface area contributed by atoms with Crippen molar-refractivity contribution in [1.82, 2.24) is 9.97 Å². The van der Waals surface area contributed by atoms with Crippen molar-refractivity contribution in [3.63, 3.8) is 0 Å². The van der Waals surface area contributed by atoms with Crippen molar-refractivity contribution >= 4 is 23.1 Å². The number of nitrogens with one attached hydrogen (secondary N) is 2. The van der Waals surface area contributed by atoms with Gasteiger partial charge in [0.15, 0.2) is 23.1 Å². The van der Waals surface area contributed by atoms with E-state index in [0.717, 1.165) is 17.4 Å². The summed E-state index contributed by atoms with van der Waals surface area (Å²) in [5.74, 6) is 1.71. The third-order valence-electron chi connectivity index (χ3n) is 4.24. The summed E-state index contributed by atoms with van der Waals surface area (Å²) < 4.78 is 30.5. The van der Waals surface area contributed by atoms with E-state index in [1.807, 2.05) is 25.1 Å². The van der Waals surface area contributed by atoms with Gasteiger partial charge < -0.3 is 24.8 Å². The second-order valence-electron chi connectivity index (χ2n) is 6.18. The minimum absolute atomic E-state index is 0.0507. The molecule has 1 aliphatic heterocycles. The number of hydrogen-bond donors (Lipinski definition) is 2. The predicted octanol–water partition coefficient (Wildman–Crippen LogP) is 4.19. The average Bonchev–Trinajstić information content (AvgIpc) is 2.72. The van der Waals surface area contributed by atoms with Gasteiger partial charge >= 0.3 is 0 Å². The molecule has 0 aliphatic carbocycles. The van der Waals surface area contributed by atoms with Gasteiger partial charge in [-0.05, 0) is 30.7 Å². The number of methoxy groups -OCH3 is 1. The minimum Gasteiger partial charge on any atom is -0.497 e. The number of benzene rings is 2. The first kappa shape index (κ1) is 17.8. The molecule has 1 aromatic heterocycles. The van der Waals surface area contributed by atoms with Crippen LogP contribution in [0.3, 0.4) is 0 Å². The summed E-state index contributed by atoms with van der Waals surface area (Å²) in [5.41, 5.74) is 2.39. The minimum atomic E-state index is -0.567. The van der Waals surface area contributed by atoms with Gasteiger partial charge in [-0.1, -0.05) is 6.07 Å². The number of halogens is 1. The number of ether oxygens (including phenoxy) is 3. The van der Waals surface area contributed by atoms with Crippen LogP contribution in [0.15, 0.2) is 42.6 Å². The lowest BCUT2D eigenvalue weighted by Gasteiger charge is -2.19. The standard InChI is InChI=1S/C20H19FN4O3/c1-12-3-5-14(26-2)10-16(12)24-20-22-11-15(21)19(25-20)23-13-4-6-17-18(9-13)28-8-7-27-17/h3-6,9-11H,7-8H2,1-2H3,(H2,22,23,24,25). The third kappa shape index (κ3) is 3.75. The Balaban J connectivity index is 1.57. The van der Waals surface area contributed by atoms with Crippen LogP contribution in [0, 0.1) is 12.7 Å². The summed E-state index contributed by atoms with van der Waals surface area (Å²) in [6, 6.07) is 10.9. The number of hydrogen-bond acceptors (Lipinski definition) is 7. The molecule has 2 N–H and O–H groups in total. The van der Waals surface area contributed by atoms with Gasteiger partial charge in [-0.2, -0.15) is 4.98 Å². The number of rotatable bonds is 5. The SMILES string of the molecule is COc1ccc(C)c(Nc2ncc(F)c(Nc3ccc4c(c3)OCCO4)n2)c1. The fraction of sp³-hybridized carbons (Fsp3) is 0.200. The van der Waals surface area contributed by atoms with E-state index in [4.69, 9.17) is 14.2 Å². The summed E-state index contributed by atoms with van der Waals surface area (Å²) in [5, 5.41) is 6.06. The fourth-order valence-electron chi connectivity index (χ4n) is 2.76. The van der Waals surface area contributed by atoms with Crippen molar-refractivity contribution in [3.8, 4) is 17.2 Å². The maximum absolute atomic E-state index is 14.2. The molecule has 28 heavy (non-hydrogen) atoms. The van der Waals surface area contributed by atoms with Crippen LogP contribution < -0.4 is 24.8 Å². The normalized spacial score (nSPS) is 12.4. The first-order valence-corrected chi connectivity index (χ1v) is 8.73. The highest BCUT2D eigenvalue weighted by Crippen LogP contribution is 2.34. The van der Waals surface area contributed by atoms with E-state index in [2.05, 4.69) is 20.6 Å². The van der Waals surface area contributed by atoms with E-state index >= 15 is 0 Å². The van der Waals surface area contributed by atoms with Gasteiger partial charge in [-0.25, -0.2) is 9.37 Å². The Labute approximate surface area is 161 Å². The summed E-state index contributed by atoms with van der Waals surface area (Å²) in [6.45, 7) is 2.94. The van der Waals surface area contributed by atoms with Crippen molar-refractivity contribution < 1.29 is 18.6 Å². The zero-order valence-electron chi connectivity index (χ0n) is 15.5. The summed E-state index contributed by atoms with van der Waals surface area (Å²) >= 11 is 0. The molecule has 0 unspecified atom stereocenters. The Kier molecular flexibility index (Phi) is 4.84. The Hall–Kier alpha value is -3.55. The third-order valence-corrected chi connectivity index (χ3v) is 4.24. The number of aromatic nitrogens is 2. The van der Waals surface area contributed by atoms with Crippen LogP contribution in [0.5, 0.6) is 17.2 Å². The molecule has 4 rings (SSSR count). The smallest absolute Gasteiger partial charge is 0.229 e. The maximum atomic E-state index is 14.2. The highest BCUT2D eigenvalue weighted by Gasteiger charge is 2.14. The van der Waals surface area contributed by atoms with E-state index in [9.17, 15) is 4.39 Å². The molecule has 3 aromatic rings. The second-order valence-corrected chi connectivity index (χ2v) is 6.18. The molecule has 144 valence electrons. The number of nitrogens with zero attached hydrogens (tertiary/aromatic N) is 2. The highest BCUT2D eigenvalue weighted by atomic mass is 19.1. The van der Waals surface area contributed by atoms with Crippen LogP contribution in [0.4, 0.5) is 27.5 Å². The van der Waals surface area contributed by atoms with E-state index < -0.39 is 5.82 Å². The number of aryl methyl sites for hydroxylation is 1. The van der Waals surface area contributed by atoms with Crippen molar-refractivity contribution in [2.24, 2.45) is 0 Å². The van der Waals surface area contributed by atoms with Crippen LogP contribution in [-0.4, -0.2) is 30.3 Å².